The van der Waals surface area contributed by atoms with Crippen molar-refractivity contribution in [2.45, 2.75) is 38.6 Å². The fourth-order valence-corrected chi connectivity index (χ4v) is 3.06. The van der Waals surface area contributed by atoms with Crippen LogP contribution >= 0.6 is 0 Å². The van der Waals surface area contributed by atoms with E-state index in [0.717, 1.165) is 10.5 Å². The predicted octanol–water partition coefficient (Wildman–Crippen LogP) is 3.03. The highest BCUT2D eigenvalue weighted by Crippen LogP contribution is 2.27. The van der Waals surface area contributed by atoms with Crippen molar-refractivity contribution in [3.63, 3.8) is 0 Å². The SMILES string of the molecule is CC(C)(C)c1ccc(C(=O)CN2C(=O)N[C@@](C)(c3ccccn3)C2=O)cc1. The first-order valence-corrected chi connectivity index (χ1v) is 8.82. The Bertz CT molecular complexity index is 885. The number of carbonyl (C=O) groups excluding carboxylic acids is 3. The van der Waals surface area contributed by atoms with E-state index >= 15 is 0 Å². The largest absolute Gasteiger partial charge is 0.325 e. The first-order chi connectivity index (χ1) is 12.6. The summed E-state index contributed by atoms with van der Waals surface area (Å²) in [5.41, 5.74) is 0.727. The van der Waals surface area contributed by atoms with Crippen LogP contribution in [0.25, 0.3) is 0 Å². The normalized spacial score (nSPS) is 19.9. The van der Waals surface area contributed by atoms with Crippen molar-refractivity contribution >= 4 is 17.7 Å². The van der Waals surface area contributed by atoms with E-state index in [1.165, 1.54) is 0 Å². The predicted molar refractivity (Wildman–Crippen MR) is 101 cm³/mol. The molecule has 27 heavy (non-hydrogen) atoms. The van der Waals surface area contributed by atoms with Crippen LogP contribution in [0.3, 0.4) is 0 Å². The van der Waals surface area contributed by atoms with Gasteiger partial charge in [0.05, 0.1) is 12.2 Å². The molecule has 1 saturated heterocycles. The lowest BCUT2D eigenvalue weighted by molar-refractivity contribution is -0.130. The third-order valence-electron chi connectivity index (χ3n) is 4.83. The number of urea groups is 1. The zero-order chi connectivity index (χ0) is 19.8. The number of nitrogens with zero attached hydrogens (tertiary/aromatic N) is 2. The van der Waals surface area contributed by atoms with Gasteiger partial charge in [0, 0.05) is 11.8 Å². The Morgan fingerprint density at radius 1 is 1.11 bits per heavy atom. The zero-order valence-corrected chi connectivity index (χ0v) is 15.9. The van der Waals surface area contributed by atoms with E-state index in [1.54, 1.807) is 43.5 Å². The fourth-order valence-electron chi connectivity index (χ4n) is 3.06. The summed E-state index contributed by atoms with van der Waals surface area (Å²) in [5, 5.41) is 2.65. The Balaban J connectivity index is 1.78. The van der Waals surface area contributed by atoms with Crippen LogP contribution in [0.1, 0.15) is 49.3 Å². The number of carbonyl (C=O) groups is 3. The van der Waals surface area contributed by atoms with Crippen molar-refractivity contribution < 1.29 is 14.4 Å². The first kappa shape index (κ1) is 18.8. The van der Waals surface area contributed by atoms with Gasteiger partial charge in [0.1, 0.15) is 0 Å². The molecule has 0 radical (unpaired) electrons. The molecule has 1 aliphatic heterocycles. The van der Waals surface area contributed by atoms with Crippen molar-refractivity contribution in [1.82, 2.24) is 15.2 Å². The van der Waals surface area contributed by atoms with E-state index in [1.807, 2.05) is 12.1 Å². The molecule has 0 bridgehead atoms. The molecule has 0 spiro atoms. The molecule has 0 aliphatic carbocycles. The second-order valence-electron chi connectivity index (χ2n) is 7.91. The molecule has 2 heterocycles. The summed E-state index contributed by atoms with van der Waals surface area (Å²) in [5.74, 6) is -0.768. The number of amides is 3. The van der Waals surface area contributed by atoms with E-state index in [2.05, 4.69) is 31.1 Å². The van der Waals surface area contributed by atoms with Crippen LogP contribution in [0.15, 0.2) is 48.7 Å². The molecule has 1 aromatic heterocycles. The Morgan fingerprint density at radius 3 is 2.33 bits per heavy atom. The zero-order valence-electron chi connectivity index (χ0n) is 15.9. The van der Waals surface area contributed by atoms with Gasteiger partial charge < -0.3 is 5.32 Å². The Kier molecular flexibility index (Phi) is 4.59. The highest BCUT2D eigenvalue weighted by molar-refractivity contribution is 6.11. The van der Waals surface area contributed by atoms with Crippen LogP contribution in [0.2, 0.25) is 0 Å². The van der Waals surface area contributed by atoms with Crippen LogP contribution in [-0.2, 0) is 15.7 Å². The van der Waals surface area contributed by atoms with Crippen molar-refractivity contribution in [3.8, 4) is 0 Å². The first-order valence-electron chi connectivity index (χ1n) is 8.82. The number of ketones is 1. The van der Waals surface area contributed by atoms with Crippen LogP contribution in [-0.4, -0.2) is 34.2 Å². The monoisotopic (exact) mass is 365 g/mol. The Hall–Kier alpha value is -3.02. The molecule has 6 heteroatoms. The molecule has 1 fully saturated rings. The van der Waals surface area contributed by atoms with E-state index in [0.29, 0.717) is 11.3 Å². The summed E-state index contributed by atoms with van der Waals surface area (Å²) in [6.07, 6.45) is 1.56. The second-order valence-corrected chi connectivity index (χ2v) is 7.91. The number of hydrogen-bond acceptors (Lipinski definition) is 4. The van der Waals surface area contributed by atoms with Gasteiger partial charge >= 0.3 is 6.03 Å². The maximum Gasteiger partial charge on any atom is 0.325 e. The number of aromatic nitrogens is 1. The molecule has 0 saturated carbocycles. The molecule has 1 aromatic carbocycles. The van der Waals surface area contributed by atoms with Crippen LogP contribution in [0.5, 0.6) is 0 Å². The molecule has 2 aromatic rings. The third-order valence-corrected chi connectivity index (χ3v) is 4.83. The summed E-state index contributed by atoms with van der Waals surface area (Å²) < 4.78 is 0. The molecule has 3 rings (SSSR count). The lowest BCUT2D eigenvalue weighted by Gasteiger charge is -2.21. The molecule has 0 unspecified atom stereocenters. The molecule has 140 valence electrons. The number of rotatable bonds is 4. The summed E-state index contributed by atoms with van der Waals surface area (Å²) in [7, 11) is 0. The molecule has 1 aliphatic rings. The Morgan fingerprint density at radius 2 is 1.78 bits per heavy atom. The molecular formula is C21H23N3O3. The summed E-state index contributed by atoms with van der Waals surface area (Å²) in [6.45, 7) is 7.57. The topological polar surface area (TPSA) is 79.4 Å². The van der Waals surface area contributed by atoms with Gasteiger partial charge in [-0.05, 0) is 30.0 Å². The van der Waals surface area contributed by atoms with Gasteiger partial charge in [-0.1, -0.05) is 51.1 Å². The van der Waals surface area contributed by atoms with Crippen LogP contribution < -0.4 is 5.32 Å². The Labute approximate surface area is 158 Å². The number of Topliss-reactive ketones (excluding diaryl/α,β-unsaturated/α-hetero) is 1. The fraction of sp³-hybridized carbons (Fsp3) is 0.333. The molecule has 6 nitrogen and oxygen atoms in total. The number of benzene rings is 1. The van der Waals surface area contributed by atoms with Gasteiger partial charge in [-0.3, -0.25) is 19.5 Å². The van der Waals surface area contributed by atoms with Crippen molar-refractivity contribution in [2.24, 2.45) is 0 Å². The summed E-state index contributed by atoms with van der Waals surface area (Å²) in [6, 6.07) is 11.8. The minimum absolute atomic E-state index is 0.0170. The third kappa shape index (κ3) is 3.47. The number of hydrogen-bond donors (Lipinski definition) is 1. The van der Waals surface area contributed by atoms with Gasteiger partial charge in [-0.15, -0.1) is 0 Å². The highest BCUT2D eigenvalue weighted by Gasteiger charge is 2.50. The summed E-state index contributed by atoms with van der Waals surface area (Å²) in [4.78, 5) is 42.9. The molecule has 3 amide bonds. The lowest BCUT2D eigenvalue weighted by atomic mass is 9.86. The van der Waals surface area contributed by atoms with Crippen molar-refractivity contribution in [1.29, 1.82) is 0 Å². The smallest absolute Gasteiger partial charge is 0.318 e. The maximum atomic E-state index is 12.8. The highest BCUT2D eigenvalue weighted by atomic mass is 16.2. The molecule has 1 atom stereocenters. The van der Waals surface area contributed by atoms with E-state index < -0.39 is 17.5 Å². The number of nitrogens with one attached hydrogen (secondary N) is 1. The average molecular weight is 365 g/mol. The number of imide groups is 1. The van der Waals surface area contributed by atoms with E-state index in [4.69, 9.17) is 0 Å². The number of pyridine rings is 1. The van der Waals surface area contributed by atoms with Gasteiger partial charge in [0.15, 0.2) is 11.3 Å². The van der Waals surface area contributed by atoms with Crippen molar-refractivity contribution in [2.75, 3.05) is 6.54 Å². The minimum atomic E-state index is -1.27. The van der Waals surface area contributed by atoms with Crippen LogP contribution in [0.4, 0.5) is 4.79 Å². The standard InChI is InChI=1S/C21H23N3O3/c1-20(2,3)15-10-8-14(9-11-15)16(25)13-24-18(26)21(4,23-19(24)27)17-7-5-6-12-22-17/h5-12H,13H2,1-4H3,(H,23,27)/t21-/m0/s1. The maximum absolute atomic E-state index is 12.8. The quantitative estimate of drug-likeness (QED) is 0.667. The van der Waals surface area contributed by atoms with E-state index in [-0.39, 0.29) is 17.7 Å². The molecular weight excluding hydrogens is 342 g/mol. The summed E-state index contributed by atoms with van der Waals surface area (Å²) >= 11 is 0. The van der Waals surface area contributed by atoms with Gasteiger partial charge in [0.2, 0.25) is 0 Å². The van der Waals surface area contributed by atoms with Gasteiger partial charge in [0.25, 0.3) is 5.91 Å². The average Bonchev–Trinajstić information content (AvgIpc) is 2.86. The van der Waals surface area contributed by atoms with Gasteiger partial charge in [-0.2, -0.15) is 0 Å². The minimum Gasteiger partial charge on any atom is -0.318 e. The molecule has 1 N–H and O–H groups in total. The van der Waals surface area contributed by atoms with Crippen LogP contribution in [0, 0.1) is 0 Å². The second kappa shape index (κ2) is 6.61. The van der Waals surface area contributed by atoms with Gasteiger partial charge in [-0.25, -0.2) is 4.79 Å². The van der Waals surface area contributed by atoms with Crippen molar-refractivity contribution in [3.05, 3.63) is 65.5 Å². The lowest BCUT2D eigenvalue weighted by Crippen LogP contribution is -2.42. The van der Waals surface area contributed by atoms with E-state index in [9.17, 15) is 14.4 Å².